The third kappa shape index (κ3) is 11.4. The van der Waals surface area contributed by atoms with Gasteiger partial charge in [0.1, 0.15) is 5.75 Å². The summed E-state index contributed by atoms with van der Waals surface area (Å²) in [5.74, 6) is 1.45. The first-order valence-electron chi connectivity index (χ1n) is 10.0. The number of sulfonamides is 1. The maximum atomic E-state index is 11.2. The van der Waals surface area contributed by atoms with E-state index < -0.39 is 10.0 Å². The quantitative estimate of drug-likeness (QED) is 0.178. The van der Waals surface area contributed by atoms with E-state index in [1.807, 2.05) is 50.2 Å². The molecule has 0 heterocycles. The van der Waals surface area contributed by atoms with E-state index in [1.165, 1.54) is 5.56 Å². The number of benzene rings is 2. The first-order chi connectivity index (χ1) is 14.2. The number of hydrogen-bond donors (Lipinski definition) is 3. The van der Waals surface area contributed by atoms with Gasteiger partial charge in [-0.3, -0.25) is 0 Å². The van der Waals surface area contributed by atoms with E-state index in [4.69, 9.17) is 9.73 Å². The monoisotopic (exact) mass is 560 g/mol. The van der Waals surface area contributed by atoms with Gasteiger partial charge < -0.3 is 15.4 Å². The van der Waals surface area contributed by atoms with Crippen LogP contribution in [0.3, 0.4) is 0 Å². The third-order valence-electron chi connectivity index (χ3n) is 4.17. The Kier molecular flexibility index (Phi) is 11.9. The summed E-state index contributed by atoms with van der Waals surface area (Å²) in [7, 11) is -3.17. The summed E-state index contributed by atoms with van der Waals surface area (Å²) < 4.78 is 30.5. The minimum Gasteiger partial charge on any atom is -0.491 e. The lowest BCUT2D eigenvalue weighted by Gasteiger charge is -2.14. The number of halogens is 1. The molecule has 0 saturated carbocycles. The van der Waals surface area contributed by atoms with E-state index in [2.05, 4.69) is 34.4 Å². The molecule has 9 heteroatoms. The van der Waals surface area contributed by atoms with E-state index in [0.717, 1.165) is 23.3 Å². The highest BCUT2D eigenvalue weighted by Gasteiger charge is 2.04. The molecular formula is C22H33IN4O3S. The molecule has 172 valence electrons. The lowest BCUT2D eigenvalue weighted by Crippen LogP contribution is -2.33. The van der Waals surface area contributed by atoms with Crippen LogP contribution in [0.1, 0.15) is 31.4 Å². The van der Waals surface area contributed by atoms with Crippen molar-refractivity contribution in [3.05, 3.63) is 59.7 Å². The summed E-state index contributed by atoms with van der Waals surface area (Å²) in [5, 5.41) is 6.56. The molecule has 0 aliphatic heterocycles. The number of nitrogens with zero attached hydrogens (tertiary/aromatic N) is 1. The highest BCUT2D eigenvalue weighted by molar-refractivity contribution is 14.0. The molecule has 0 aromatic heterocycles. The number of aliphatic imine (C=N–C) groups is 1. The van der Waals surface area contributed by atoms with Crippen molar-refractivity contribution >= 4 is 45.6 Å². The van der Waals surface area contributed by atoms with Crippen LogP contribution in [-0.4, -0.2) is 39.8 Å². The zero-order valence-electron chi connectivity index (χ0n) is 18.5. The summed E-state index contributed by atoms with van der Waals surface area (Å²) in [5.41, 5.74) is 3.22. The van der Waals surface area contributed by atoms with E-state index in [-0.39, 0.29) is 30.1 Å². The molecule has 0 saturated heterocycles. The Labute approximate surface area is 203 Å². The predicted octanol–water partition coefficient (Wildman–Crippen LogP) is 3.90. The molecule has 0 amide bonds. The maximum absolute atomic E-state index is 11.2. The van der Waals surface area contributed by atoms with Crippen molar-refractivity contribution in [1.82, 2.24) is 10.0 Å². The number of ether oxygens (including phenoxy) is 1. The second kappa shape index (κ2) is 13.5. The minimum atomic E-state index is -3.17. The molecule has 0 radical (unpaired) electrons. The minimum absolute atomic E-state index is 0. The van der Waals surface area contributed by atoms with Crippen LogP contribution in [-0.2, 0) is 16.6 Å². The fourth-order valence-corrected chi connectivity index (χ4v) is 3.18. The van der Waals surface area contributed by atoms with Crippen molar-refractivity contribution in [3.8, 4) is 5.75 Å². The van der Waals surface area contributed by atoms with Gasteiger partial charge >= 0.3 is 0 Å². The molecule has 0 spiro atoms. The molecular weight excluding hydrogens is 527 g/mol. The second-order valence-electron chi connectivity index (χ2n) is 7.35. The fourth-order valence-electron chi connectivity index (χ4n) is 2.67. The van der Waals surface area contributed by atoms with Gasteiger partial charge in [0.2, 0.25) is 10.0 Å². The standard InChI is InChI=1S/C22H32N4O3S.HI/c1-17(2)29-21-12-10-20(11-13-21)26-22(23-14-7-15-25-30(4,27)28)24-16-19-9-6-5-8-18(19)3;/h5-6,8-13,17,25H,7,14-16H2,1-4H3,(H2,23,24,26);1H. The Morgan fingerprint density at radius 3 is 2.35 bits per heavy atom. The predicted molar refractivity (Wildman–Crippen MR) is 139 cm³/mol. The van der Waals surface area contributed by atoms with Crippen LogP contribution in [0.2, 0.25) is 0 Å². The van der Waals surface area contributed by atoms with Crippen molar-refractivity contribution in [2.45, 2.75) is 39.8 Å². The van der Waals surface area contributed by atoms with Gasteiger partial charge in [0, 0.05) is 18.8 Å². The zero-order chi connectivity index (χ0) is 22.0. The van der Waals surface area contributed by atoms with Crippen LogP contribution in [0.15, 0.2) is 53.5 Å². The molecule has 3 N–H and O–H groups in total. The first-order valence-corrected chi connectivity index (χ1v) is 11.9. The van der Waals surface area contributed by atoms with Gasteiger partial charge in [0.15, 0.2) is 5.96 Å². The molecule has 2 aromatic rings. The van der Waals surface area contributed by atoms with Gasteiger partial charge in [-0.25, -0.2) is 18.1 Å². The van der Waals surface area contributed by atoms with Gasteiger partial charge in [-0.2, -0.15) is 0 Å². The summed E-state index contributed by atoms with van der Waals surface area (Å²) in [4.78, 5) is 4.69. The SMILES string of the molecule is Cc1ccccc1CN=C(NCCCNS(C)(=O)=O)Nc1ccc(OC(C)C)cc1.I. The topological polar surface area (TPSA) is 91.8 Å². The van der Waals surface area contributed by atoms with E-state index in [9.17, 15) is 8.42 Å². The molecule has 2 rings (SSSR count). The fraction of sp³-hybridized carbons (Fsp3) is 0.409. The van der Waals surface area contributed by atoms with Crippen LogP contribution >= 0.6 is 24.0 Å². The summed E-state index contributed by atoms with van der Waals surface area (Å²) in [6.45, 7) is 7.54. The van der Waals surface area contributed by atoms with Gasteiger partial charge in [-0.05, 0) is 62.6 Å². The van der Waals surface area contributed by atoms with Crippen LogP contribution in [0.25, 0.3) is 0 Å². The molecule has 31 heavy (non-hydrogen) atoms. The van der Waals surface area contributed by atoms with Crippen molar-refractivity contribution in [2.24, 2.45) is 4.99 Å². The highest BCUT2D eigenvalue weighted by atomic mass is 127. The van der Waals surface area contributed by atoms with Crippen LogP contribution in [0, 0.1) is 6.92 Å². The molecule has 0 atom stereocenters. The van der Waals surface area contributed by atoms with Crippen molar-refractivity contribution in [1.29, 1.82) is 0 Å². The van der Waals surface area contributed by atoms with Gasteiger partial charge in [-0.1, -0.05) is 24.3 Å². The second-order valence-corrected chi connectivity index (χ2v) is 9.19. The summed E-state index contributed by atoms with van der Waals surface area (Å²) in [6, 6.07) is 15.8. The Morgan fingerprint density at radius 2 is 1.74 bits per heavy atom. The van der Waals surface area contributed by atoms with Crippen molar-refractivity contribution < 1.29 is 13.2 Å². The van der Waals surface area contributed by atoms with E-state index in [0.29, 0.717) is 32.0 Å². The van der Waals surface area contributed by atoms with Crippen LogP contribution < -0.4 is 20.1 Å². The number of guanidine groups is 1. The van der Waals surface area contributed by atoms with E-state index >= 15 is 0 Å². The molecule has 0 aliphatic carbocycles. The van der Waals surface area contributed by atoms with Crippen molar-refractivity contribution in [3.63, 3.8) is 0 Å². The number of anilines is 1. The number of nitrogens with one attached hydrogen (secondary N) is 3. The normalized spacial score (nSPS) is 11.7. The molecule has 0 bridgehead atoms. The number of rotatable bonds is 10. The summed E-state index contributed by atoms with van der Waals surface area (Å²) >= 11 is 0. The molecule has 2 aromatic carbocycles. The largest absolute Gasteiger partial charge is 0.491 e. The molecule has 0 fully saturated rings. The van der Waals surface area contributed by atoms with Crippen LogP contribution in [0.5, 0.6) is 5.75 Å². The Morgan fingerprint density at radius 1 is 1.06 bits per heavy atom. The van der Waals surface area contributed by atoms with Gasteiger partial charge in [-0.15, -0.1) is 24.0 Å². The Bertz CT molecular complexity index is 932. The van der Waals surface area contributed by atoms with Gasteiger partial charge in [0.25, 0.3) is 0 Å². The maximum Gasteiger partial charge on any atom is 0.208 e. The van der Waals surface area contributed by atoms with Crippen LogP contribution in [0.4, 0.5) is 5.69 Å². The van der Waals surface area contributed by atoms with Crippen molar-refractivity contribution in [2.75, 3.05) is 24.7 Å². The zero-order valence-corrected chi connectivity index (χ0v) is 21.7. The van der Waals surface area contributed by atoms with Gasteiger partial charge in [0.05, 0.1) is 18.9 Å². The molecule has 0 aliphatic rings. The average Bonchev–Trinajstić information content (AvgIpc) is 2.67. The third-order valence-corrected chi connectivity index (χ3v) is 4.90. The highest BCUT2D eigenvalue weighted by Crippen LogP contribution is 2.17. The summed E-state index contributed by atoms with van der Waals surface area (Å²) in [6.07, 6.45) is 1.92. The van der Waals surface area contributed by atoms with E-state index in [1.54, 1.807) is 0 Å². The Balaban J connectivity index is 0.00000480. The first kappa shape index (κ1) is 27.2. The number of hydrogen-bond acceptors (Lipinski definition) is 4. The lowest BCUT2D eigenvalue weighted by molar-refractivity contribution is 0.242. The smallest absolute Gasteiger partial charge is 0.208 e. The lowest BCUT2D eigenvalue weighted by atomic mass is 10.1. The molecule has 0 unspecified atom stereocenters. The number of aryl methyl sites for hydroxylation is 1. The average molecular weight is 561 g/mol. The Hall–Kier alpha value is -1.85. The molecule has 7 nitrogen and oxygen atoms in total.